The molecular weight excluding hydrogens is 292 g/mol. The van der Waals surface area contributed by atoms with E-state index in [4.69, 9.17) is 0 Å². The van der Waals surface area contributed by atoms with Gasteiger partial charge in [0.25, 0.3) is 0 Å². The van der Waals surface area contributed by atoms with E-state index in [1.165, 1.54) is 6.92 Å². The summed E-state index contributed by atoms with van der Waals surface area (Å²) in [6, 6.07) is 0. The molecule has 7 nitrogen and oxygen atoms in total. The molecule has 1 fully saturated rings. The highest BCUT2D eigenvalue weighted by atomic mass is 16.1. The van der Waals surface area contributed by atoms with Gasteiger partial charge in [0, 0.05) is 50.7 Å². The van der Waals surface area contributed by atoms with Crippen LogP contribution in [0.4, 0.5) is 5.82 Å². The lowest BCUT2D eigenvalue weighted by Crippen LogP contribution is -2.34. The van der Waals surface area contributed by atoms with Crippen LogP contribution >= 0.6 is 0 Å². The van der Waals surface area contributed by atoms with E-state index in [0.717, 1.165) is 43.1 Å². The number of carbonyl (C=O) groups is 1. The van der Waals surface area contributed by atoms with E-state index in [-0.39, 0.29) is 5.91 Å². The van der Waals surface area contributed by atoms with Gasteiger partial charge in [0.05, 0.1) is 24.1 Å². The molecule has 1 aliphatic rings. The van der Waals surface area contributed by atoms with E-state index in [1.807, 2.05) is 0 Å². The number of rotatable bonds is 4. The minimum Gasteiger partial charge on any atom is -0.355 e. The van der Waals surface area contributed by atoms with Crippen molar-refractivity contribution in [2.75, 3.05) is 18.0 Å². The molecule has 3 rings (SSSR count). The maximum atomic E-state index is 11.1. The van der Waals surface area contributed by atoms with Gasteiger partial charge in [-0.1, -0.05) is 0 Å². The van der Waals surface area contributed by atoms with Crippen LogP contribution in [0.15, 0.2) is 31.0 Å². The second-order valence-electron chi connectivity index (χ2n) is 5.62. The fourth-order valence-electron chi connectivity index (χ4n) is 2.90. The monoisotopic (exact) mass is 312 g/mol. The molecule has 7 heteroatoms. The van der Waals surface area contributed by atoms with Crippen LogP contribution in [0.25, 0.3) is 0 Å². The van der Waals surface area contributed by atoms with Gasteiger partial charge in [-0.05, 0) is 12.8 Å². The highest BCUT2D eigenvalue weighted by Gasteiger charge is 2.24. The van der Waals surface area contributed by atoms with Crippen molar-refractivity contribution in [2.45, 2.75) is 32.2 Å². The molecule has 1 N–H and O–H groups in total. The van der Waals surface area contributed by atoms with Gasteiger partial charge in [-0.15, -0.1) is 0 Å². The van der Waals surface area contributed by atoms with Crippen LogP contribution in [0, 0.1) is 0 Å². The average molecular weight is 312 g/mol. The maximum absolute atomic E-state index is 11.1. The molecule has 2 aromatic rings. The molecule has 3 heterocycles. The van der Waals surface area contributed by atoms with Crippen molar-refractivity contribution < 1.29 is 4.79 Å². The van der Waals surface area contributed by atoms with Crippen molar-refractivity contribution in [2.24, 2.45) is 0 Å². The summed E-state index contributed by atoms with van der Waals surface area (Å²) in [6.07, 6.45) is 10.6. The summed E-state index contributed by atoms with van der Waals surface area (Å²) >= 11 is 0. The molecule has 0 atom stereocenters. The normalized spacial score (nSPS) is 15.4. The van der Waals surface area contributed by atoms with Crippen molar-refractivity contribution >= 4 is 11.7 Å². The summed E-state index contributed by atoms with van der Waals surface area (Å²) < 4.78 is 0. The summed E-state index contributed by atoms with van der Waals surface area (Å²) in [4.78, 5) is 30.8. The van der Waals surface area contributed by atoms with Gasteiger partial charge in [0.1, 0.15) is 5.82 Å². The van der Waals surface area contributed by atoms with Crippen LogP contribution < -0.4 is 10.2 Å². The third-order valence-corrected chi connectivity index (χ3v) is 4.07. The molecule has 2 aromatic heterocycles. The highest BCUT2D eigenvalue weighted by Crippen LogP contribution is 2.29. The van der Waals surface area contributed by atoms with E-state index in [9.17, 15) is 4.79 Å². The minimum absolute atomic E-state index is 0.0564. The molecule has 0 unspecified atom stereocenters. The number of hydrogen-bond acceptors (Lipinski definition) is 6. The van der Waals surface area contributed by atoms with Gasteiger partial charge in [-0.2, -0.15) is 0 Å². The SMILES string of the molecule is CC(=O)NCc1nccnc1C1CCN(c2cnccn2)CC1. The molecule has 1 aliphatic heterocycles. The quantitative estimate of drug-likeness (QED) is 0.916. The zero-order chi connectivity index (χ0) is 16.1. The van der Waals surface area contributed by atoms with Gasteiger partial charge in [-0.3, -0.25) is 19.7 Å². The first-order chi connectivity index (χ1) is 11.2. The number of hydrogen-bond donors (Lipinski definition) is 1. The average Bonchev–Trinajstić information content (AvgIpc) is 2.61. The molecule has 0 saturated carbocycles. The largest absolute Gasteiger partial charge is 0.355 e. The molecule has 1 amide bonds. The van der Waals surface area contributed by atoms with Crippen LogP contribution in [-0.4, -0.2) is 38.9 Å². The number of nitrogens with one attached hydrogen (secondary N) is 1. The summed E-state index contributed by atoms with van der Waals surface area (Å²) in [5.41, 5.74) is 1.86. The van der Waals surface area contributed by atoms with Crippen molar-refractivity contribution in [3.8, 4) is 0 Å². The van der Waals surface area contributed by atoms with Crippen LogP contribution in [-0.2, 0) is 11.3 Å². The molecule has 0 bridgehead atoms. The number of amides is 1. The summed E-state index contributed by atoms with van der Waals surface area (Å²) in [7, 11) is 0. The molecule has 0 aliphatic carbocycles. The Labute approximate surface area is 135 Å². The third-order valence-electron chi connectivity index (χ3n) is 4.07. The van der Waals surface area contributed by atoms with Crippen LogP contribution in [0.3, 0.4) is 0 Å². The van der Waals surface area contributed by atoms with Crippen molar-refractivity contribution in [3.05, 3.63) is 42.4 Å². The molecule has 120 valence electrons. The molecule has 23 heavy (non-hydrogen) atoms. The van der Waals surface area contributed by atoms with E-state index >= 15 is 0 Å². The zero-order valence-corrected chi connectivity index (χ0v) is 13.1. The van der Waals surface area contributed by atoms with E-state index in [0.29, 0.717) is 12.5 Å². The van der Waals surface area contributed by atoms with E-state index < -0.39 is 0 Å². The molecular formula is C16H20N6O. The number of anilines is 1. The number of piperidine rings is 1. The van der Waals surface area contributed by atoms with Crippen molar-refractivity contribution in [1.29, 1.82) is 0 Å². The maximum Gasteiger partial charge on any atom is 0.217 e. The first-order valence-electron chi connectivity index (χ1n) is 7.79. The summed E-state index contributed by atoms with van der Waals surface area (Å²) in [5, 5.41) is 2.81. The Kier molecular flexibility index (Phi) is 4.75. The number of nitrogens with zero attached hydrogens (tertiary/aromatic N) is 5. The van der Waals surface area contributed by atoms with Crippen molar-refractivity contribution in [1.82, 2.24) is 25.3 Å². The van der Waals surface area contributed by atoms with Crippen LogP contribution in [0.2, 0.25) is 0 Å². The molecule has 0 spiro atoms. The van der Waals surface area contributed by atoms with Crippen LogP contribution in [0.1, 0.15) is 37.1 Å². The Morgan fingerprint density at radius 1 is 1.17 bits per heavy atom. The Morgan fingerprint density at radius 2 is 1.91 bits per heavy atom. The van der Waals surface area contributed by atoms with Gasteiger partial charge in [-0.25, -0.2) is 4.98 Å². The molecule has 0 aromatic carbocycles. The Balaban J connectivity index is 1.67. The van der Waals surface area contributed by atoms with Crippen molar-refractivity contribution in [3.63, 3.8) is 0 Å². The third kappa shape index (κ3) is 3.80. The predicted octanol–water partition coefficient (Wildman–Crippen LogP) is 1.29. The molecule has 0 radical (unpaired) electrons. The Bertz CT molecular complexity index is 655. The smallest absolute Gasteiger partial charge is 0.217 e. The van der Waals surface area contributed by atoms with Gasteiger partial charge < -0.3 is 10.2 Å². The van der Waals surface area contributed by atoms with Gasteiger partial charge in [0.2, 0.25) is 5.91 Å². The number of aromatic nitrogens is 4. The zero-order valence-electron chi connectivity index (χ0n) is 13.1. The fraction of sp³-hybridized carbons (Fsp3) is 0.438. The standard InChI is InChI=1S/C16H20N6O/c1-12(23)21-10-14-16(20-7-6-18-14)13-2-8-22(9-3-13)15-11-17-4-5-19-15/h4-7,11,13H,2-3,8-10H2,1H3,(H,21,23). The van der Waals surface area contributed by atoms with E-state index in [1.54, 1.807) is 31.0 Å². The second-order valence-corrected chi connectivity index (χ2v) is 5.62. The minimum atomic E-state index is -0.0564. The Morgan fingerprint density at radius 3 is 2.61 bits per heavy atom. The van der Waals surface area contributed by atoms with E-state index in [2.05, 4.69) is 30.2 Å². The first kappa shape index (κ1) is 15.3. The van der Waals surface area contributed by atoms with Crippen LogP contribution in [0.5, 0.6) is 0 Å². The highest BCUT2D eigenvalue weighted by molar-refractivity contribution is 5.72. The van der Waals surface area contributed by atoms with Gasteiger partial charge >= 0.3 is 0 Å². The van der Waals surface area contributed by atoms with Gasteiger partial charge in [0.15, 0.2) is 0 Å². The summed E-state index contributed by atoms with van der Waals surface area (Å²) in [5.74, 6) is 1.23. The topological polar surface area (TPSA) is 83.9 Å². The Hall–Kier alpha value is -2.57. The molecule has 1 saturated heterocycles. The fourth-order valence-corrected chi connectivity index (χ4v) is 2.90. The second kappa shape index (κ2) is 7.13. The lowest BCUT2D eigenvalue weighted by atomic mass is 9.92. The number of carbonyl (C=O) groups excluding carboxylic acids is 1. The lowest BCUT2D eigenvalue weighted by Gasteiger charge is -2.32. The first-order valence-corrected chi connectivity index (χ1v) is 7.79. The predicted molar refractivity (Wildman–Crippen MR) is 85.8 cm³/mol. The summed E-state index contributed by atoms with van der Waals surface area (Å²) in [6.45, 7) is 3.78. The lowest BCUT2D eigenvalue weighted by molar-refractivity contribution is -0.119.